The second-order valence-corrected chi connectivity index (χ2v) is 6.66. The Bertz CT molecular complexity index is 1250. The quantitative estimate of drug-likeness (QED) is 0.582. The summed E-state index contributed by atoms with van der Waals surface area (Å²) in [5.74, 6) is -0.467. The van der Waals surface area contributed by atoms with E-state index in [9.17, 15) is 10.1 Å². The zero-order chi connectivity index (χ0) is 19.7. The number of nitrogens with zero attached hydrogens (tertiary/aromatic N) is 2. The van der Waals surface area contributed by atoms with Gasteiger partial charge in [-0.1, -0.05) is 18.2 Å². The van der Waals surface area contributed by atoms with E-state index in [2.05, 4.69) is 16.7 Å². The molecule has 137 valence electrons. The minimum atomic E-state index is -0.467. The van der Waals surface area contributed by atoms with Crippen molar-refractivity contribution in [3.63, 3.8) is 0 Å². The number of aromatic nitrogens is 1. The molecule has 28 heavy (non-hydrogen) atoms. The molecule has 1 radical (unpaired) electrons. The standard InChI is InChI=1S/C23H18N3O2/c1-28-14-17-8-9-18-21(11-17)26(13-16-5-2-4-15(10-16)12-24)20-7-3-6-19(22(18)20)23(25)27/h2-8,10-11H,13-14H2,1H3,(H2,25,27). The van der Waals surface area contributed by atoms with E-state index in [1.54, 1.807) is 19.2 Å². The Labute approximate surface area is 162 Å². The number of benzene rings is 3. The molecule has 0 aliphatic rings. The van der Waals surface area contributed by atoms with Gasteiger partial charge in [-0.25, -0.2) is 0 Å². The second-order valence-electron chi connectivity index (χ2n) is 6.66. The number of methoxy groups -OCH3 is 1. The molecule has 0 bridgehead atoms. The van der Waals surface area contributed by atoms with Crippen molar-refractivity contribution < 1.29 is 9.53 Å². The van der Waals surface area contributed by atoms with Crippen LogP contribution >= 0.6 is 0 Å². The Hall–Kier alpha value is -3.62. The van der Waals surface area contributed by atoms with Crippen LogP contribution in [-0.4, -0.2) is 17.6 Å². The predicted octanol–water partition coefficient (Wildman–Crippen LogP) is 3.76. The molecule has 0 aliphatic heterocycles. The number of rotatable bonds is 5. The third-order valence-corrected chi connectivity index (χ3v) is 4.83. The zero-order valence-electron chi connectivity index (χ0n) is 15.4. The van der Waals surface area contributed by atoms with Crippen molar-refractivity contribution in [1.29, 1.82) is 5.26 Å². The van der Waals surface area contributed by atoms with Crippen LogP contribution in [-0.2, 0) is 17.9 Å². The van der Waals surface area contributed by atoms with Crippen LogP contribution < -0.4 is 5.73 Å². The number of fused-ring (bicyclic) bond motifs is 3. The fourth-order valence-corrected chi connectivity index (χ4v) is 3.65. The first-order chi connectivity index (χ1) is 13.6. The molecule has 1 heterocycles. The molecule has 2 N–H and O–H groups in total. The van der Waals surface area contributed by atoms with Crippen LogP contribution in [0.2, 0.25) is 0 Å². The van der Waals surface area contributed by atoms with Gasteiger partial charge in [0.25, 0.3) is 0 Å². The van der Waals surface area contributed by atoms with Crippen molar-refractivity contribution >= 4 is 27.7 Å². The summed E-state index contributed by atoms with van der Waals surface area (Å²) in [6.07, 6.45) is 0. The van der Waals surface area contributed by atoms with Gasteiger partial charge in [0.1, 0.15) is 0 Å². The van der Waals surface area contributed by atoms with E-state index in [1.807, 2.05) is 42.5 Å². The largest absolute Gasteiger partial charge is 0.380 e. The average Bonchev–Trinajstić information content (AvgIpc) is 3.01. The van der Waals surface area contributed by atoms with E-state index in [0.717, 1.165) is 32.9 Å². The van der Waals surface area contributed by atoms with E-state index in [1.165, 1.54) is 0 Å². The topological polar surface area (TPSA) is 81.0 Å². The molecule has 4 rings (SSSR count). The number of nitrogens with two attached hydrogens (primary N) is 1. The van der Waals surface area contributed by atoms with Crippen molar-refractivity contribution in [2.45, 2.75) is 13.2 Å². The fraction of sp³-hybridized carbons (Fsp3) is 0.130. The van der Waals surface area contributed by atoms with Crippen LogP contribution in [0.4, 0.5) is 0 Å². The summed E-state index contributed by atoms with van der Waals surface area (Å²) in [6, 6.07) is 22.5. The molecule has 0 fully saturated rings. The minimum absolute atomic E-state index is 0.467. The summed E-state index contributed by atoms with van der Waals surface area (Å²) in [4.78, 5) is 12.0. The van der Waals surface area contributed by atoms with Gasteiger partial charge in [0.2, 0.25) is 5.91 Å². The Kier molecular flexibility index (Phi) is 4.56. The fourth-order valence-electron chi connectivity index (χ4n) is 3.65. The van der Waals surface area contributed by atoms with Crippen LogP contribution in [0.25, 0.3) is 21.8 Å². The van der Waals surface area contributed by atoms with Crippen LogP contribution in [0.1, 0.15) is 27.0 Å². The smallest absolute Gasteiger partial charge is 0.249 e. The number of ether oxygens (including phenoxy) is 1. The SMILES string of the molecule is COCc1c[c]c2c3c(C(N)=O)cccc3n(Cc3cccc(C#N)c3)c2c1. The van der Waals surface area contributed by atoms with Gasteiger partial charge in [-0.2, -0.15) is 5.26 Å². The van der Waals surface area contributed by atoms with Crippen molar-refractivity contribution in [1.82, 2.24) is 4.57 Å². The third kappa shape index (κ3) is 3.00. The molecular formula is C23H18N3O2. The number of carbonyl (C=O) groups is 1. The highest BCUT2D eigenvalue weighted by Gasteiger charge is 2.17. The molecule has 5 heteroatoms. The second kappa shape index (κ2) is 7.18. The molecule has 0 aliphatic carbocycles. The maximum Gasteiger partial charge on any atom is 0.249 e. The third-order valence-electron chi connectivity index (χ3n) is 4.83. The van der Waals surface area contributed by atoms with Crippen LogP contribution in [0.5, 0.6) is 0 Å². The average molecular weight is 368 g/mol. The van der Waals surface area contributed by atoms with Gasteiger partial charge < -0.3 is 15.0 Å². The molecule has 1 amide bonds. The monoisotopic (exact) mass is 368 g/mol. The highest BCUT2D eigenvalue weighted by atomic mass is 16.5. The summed E-state index contributed by atoms with van der Waals surface area (Å²) < 4.78 is 7.39. The molecule has 1 aromatic heterocycles. The van der Waals surface area contributed by atoms with Gasteiger partial charge in [-0.3, -0.25) is 4.79 Å². The molecule has 3 aromatic carbocycles. The van der Waals surface area contributed by atoms with Crippen molar-refractivity contribution in [2.75, 3.05) is 7.11 Å². The molecule has 5 nitrogen and oxygen atoms in total. The van der Waals surface area contributed by atoms with Crippen molar-refractivity contribution in [3.05, 3.63) is 82.9 Å². The van der Waals surface area contributed by atoms with Gasteiger partial charge in [-0.15, -0.1) is 0 Å². The highest BCUT2D eigenvalue weighted by molar-refractivity contribution is 6.17. The van der Waals surface area contributed by atoms with Gasteiger partial charge in [0.15, 0.2) is 0 Å². The number of primary amides is 1. The van der Waals surface area contributed by atoms with E-state index < -0.39 is 5.91 Å². The lowest BCUT2D eigenvalue weighted by molar-refractivity contribution is 0.100. The van der Waals surface area contributed by atoms with Crippen LogP contribution in [0, 0.1) is 17.4 Å². The van der Waals surface area contributed by atoms with Crippen molar-refractivity contribution in [3.8, 4) is 6.07 Å². The molecule has 0 unspecified atom stereocenters. The number of nitriles is 1. The Morgan fingerprint density at radius 2 is 2.00 bits per heavy atom. The Balaban J connectivity index is 2.01. The van der Waals surface area contributed by atoms with Gasteiger partial charge >= 0.3 is 0 Å². The molecule has 4 aromatic rings. The molecule has 0 spiro atoms. The maximum atomic E-state index is 12.0. The first kappa shape index (κ1) is 17.8. The van der Waals surface area contributed by atoms with Crippen LogP contribution in [0.15, 0.2) is 54.6 Å². The maximum absolute atomic E-state index is 12.0. The summed E-state index contributed by atoms with van der Waals surface area (Å²) in [6.45, 7) is 1.03. The summed E-state index contributed by atoms with van der Waals surface area (Å²) in [5.41, 5.74) is 10.6. The lowest BCUT2D eigenvalue weighted by Gasteiger charge is -2.09. The highest BCUT2D eigenvalue weighted by Crippen LogP contribution is 2.33. The first-order valence-corrected chi connectivity index (χ1v) is 8.85. The molecular weight excluding hydrogens is 350 g/mol. The zero-order valence-corrected chi connectivity index (χ0v) is 15.4. The van der Waals surface area contributed by atoms with Gasteiger partial charge in [-0.05, 0) is 53.6 Å². The minimum Gasteiger partial charge on any atom is -0.380 e. The Morgan fingerprint density at radius 3 is 2.75 bits per heavy atom. The molecule has 0 saturated heterocycles. The van der Waals surface area contributed by atoms with Gasteiger partial charge in [0, 0.05) is 30.0 Å². The van der Waals surface area contributed by atoms with E-state index in [-0.39, 0.29) is 0 Å². The van der Waals surface area contributed by atoms with Crippen LogP contribution in [0.3, 0.4) is 0 Å². The number of amides is 1. The Morgan fingerprint density at radius 1 is 1.18 bits per heavy atom. The normalized spacial score (nSPS) is 11.0. The summed E-state index contributed by atoms with van der Waals surface area (Å²) in [5, 5.41) is 10.8. The van der Waals surface area contributed by atoms with E-state index in [0.29, 0.717) is 24.3 Å². The number of carbonyl (C=O) groups excluding carboxylic acids is 1. The van der Waals surface area contributed by atoms with E-state index in [4.69, 9.17) is 10.5 Å². The molecule has 0 atom stereocenters. The van der Waals surface area contributed by atoms with Crippen molar-refractivity contribution in [2.24, 2.45) is 5.73 Å². The number of hydrogen-bond donors (Lipinski definition) is 1. The summed E-state index contributed by atoms with van der Waals surface area (Å²) >= 11 is 0. The lowest BCUT2D eigenvalue weighted by Crippen LogP contribution is -2.11. The molecule has 0 saturated carbocycles. The van der Waals surface area contributed by atoms with E-state index >= 15 is 0 Å². The van der Waals surface area contributed by atoms with Gasteiger partial charge in [0.05, 0.1) is 29.3 Å². The first-order valence-electron chi connectivity index (χ1n) is 8.85. The number of hydrogen-bond acceptors (Lipinski definition) is 3. The summed E-state index contributed by atoms with van der Waals surface area (Å²) in [7, 11) is 1.65. The lowest BCUT2D eigenvalue weighted by atomic mass is 10.0. The predicted molar refractivity (Wildman–Crippen MR) is 108 cm³/mol.